The first kappa shape index (κ1) is 14.8. The van der Waals surface area contributed by atoms with Crippen molar-refractivity contribution in [1.29, 1.82) is 5.26 Å². The van der Waals surface area contributed by atoms with E-state index in [9.17, 15) is 4.79 Å². The topological polar surface area (TPSA) is 44.1 Å². The number of hydrogen-bond donors (Lipinski definition) is 0. The normalized spacial score (nSPS) is 9.90. The molecule has 0 fully saturated rings. The molecule has 2 aromatic carbocycles. The number of carbonyl (C=O) groups excluding carboxylic acids is 1. The number of amides is 1. The number of hydrogen-bond acceptors (Lipinski definition) is 2. The largest absolute Gasteiger partial charge is 0.334 e. The van der Waals surface area contributed by atoms with Gasteiger partial charge < -0.3 is 4.90 Å². The highest BCUT2D eigenvalue weighted by molar-refractivity contribution is 5.94. The van der Waals surface area contributed by atoms with E-state index in [4.69, 9.17) is 5.26 Å². The van der Waals surface area contributed by atoms with E-state index in [0.717, 1.165) is 12.0 Å². The van der Waals surface area contributed by atoms with Gasteiger partial charge in [0.25, 0.3) is 5.91 Å². The Labute approximate surface area is 125 Å². The molecule has 2 aromatic rings. The second-order valence-corrected chi connectivity index (χ2v) is 4.90. The molecule has 0 aliphatic heterocycles. The van der Waals surface area contributed by atoms with E-state index in [1.165, 1.54) is 0 Å². The number of rotatable bonds is 5. The fraction of sp³-hybridized carbons (Fsp3) is 0.222. The van der Waals surface area contributed by atoms with Gasteiger partial charge in [0.1, 0.15) is 0 Å². The highest BCUT2D eigenvalue weighted by Gasteiger charge is 2.15. The summed E-state index contributed by atoms with van der Waals surface area (Å²) < 4.78 is 0. The monoisotopic (exact) mass is 278 g/mol. The summed E-state index contributed by atoms with van der Waals surface area (Å²) in [4.78, 5) is 14.4. The van der Waals surface area contributed by atoms with Crippen molar-refractivity contribution in [2.24, 2.45) is 0 Å². The first-order valence-corrected chi connectivity index (χ1v) is 7.08. The van der Waals surface area contributed by atoms with Crippen LogP contribution in [0, 0.1) is 11.3 Å². The molecule has 0 aromatic heterocycles. The minimum atomic E-state index is -0.0298. The van der Waals surface area contributed by atoms with Crippen molar-refractivity contribution in [3.8, 4) is 6.07 Å². The molecule has 21 heavy (non-hydrogen) atoms. The Kier molecular flexibility index (Phi) is 5.11. The van der Waals surface area contributed by atoms with Crippen LogP contribution < -0.4 is 0 Å². The van der Waals surface area contributed by atoms with Gasteiger partial charge in [-0.05, 0) is 30.2 Å². The highest BCUT2D eigenvalue weighted by atomic mass is 16.2. The van der Waals surface area contributed by atoms with Crippen molar-refractivity contribution in [2.45, 2.75) is 19.9 Å². The van der Waals surface area contributed by atoms with Gasteiger partial charge in [0.05, 0.1) is 11.6 Å². The molecule has 1 amide bonds. The zero-order chi connectivity index (χ0) is 15.1. The average molecular weight is 278 g/mol. The van der Waals surface area contributed by atoms with Gasteiger partial charge in [0, 0.05) is 18.7 Å². The Bertz CT molecular complexity index is 644. The minimum absolute atomic E-state index is 0.0298. The van der Waals surface area contributed by atoms with Gasteiger partial charge in [0.2, 0.25) is 0 Å². The van der Waals surface area contributed by atoms with Crippen LogP contribution in [0.1, 0.15) is 34.8 Å². The van der Waals surface area contributed by atoms with E-state index in [2.05, 4.69) is 13.0 Å². The van der Waals surface area contributed by atoms with Crippen molar-refractivity contribution in [3.05, 3.63) is 71.3 Å². The molecular formula is C18H18N2O. The number of nitriles is 1. The zero-order valence-electron chi connectivity index (χ0n) is 12.1. The summed E-state index contributed by atoms with van der Waals surface area (Å²) in [5.74, 6) is -0.0298. The lowest BCUT2D eigenvalue weighted by molar-refractivity contribution is 0.0743. The van der Waals surface area contributed by atoms with Gasteiger partial charge >= 0.3 is 0 Å². The molecule has 0 aliphatic carbocycles. The van der Waals surface area contributed by atoms with Crippen LogP contribution in [0.25, 0.3) is 0 Å². The lowest BCUT2D eigenvalue weighted by Crippen LogP contribution is -2.31. The Morgan fingerprint density at radius 3 is 2.57 bits per heavy atom. The Morgan fingerprint density at radius 2 is 1.90 bits per heavy atom. The second-order valence-electron chi connectivity index (χ2n) is 4.90. The Hall–Kier alpha value is -2.60. The van der Waals surface area contributed by atoms with Gasteiger partial charge in [-0.15, -0.1) is 0 Å². The van der Waals surface area contributed by atoms with Crippen LogP contribution in [0.5, 0.6) is 0 Å². The quantitative estimate of drug-likeness (QED) is 0.838. The molecule has 0 atom stereocenters. The summed E-state index contributed by atoms with van der Waals surface area (Å²) >= 11 is 0. The standard InChI is InChI=1S/C18H18N2O/c1-2-11-20(14-15-7-4-3-5-8-15)18(21)17-10-6-9-16(12-17)13-19/h3-10,12H,2,11,14H2,1H3. The van der Waals surface area contributed by atoms with Gasteiger partial charge in [-0.2, -0.15) is 5.26 Å². The maximum atomic E-state index is 12.6. The molecule has 3 nitrogen and oxygen atoms in total. The van der Waals surface area contributed by atoms with Crippen LogP contribution in [0.2, 0.25) is 0 Å². The fourth-order valence-corrected chi connectivity index (χ4v) is 2.23. The Balaban J connectivity index is 2.21. The van der Waals surface area contributed by atoms with Crippen molar-refractivity contribution < 1.29 is 4.79 Å². The van der Waals surface area contributed by atoms with E-state index in [1.807, 2.05) is 35.2 Å². The molecule has 0 heterocycles. The van der Waals surface area contributed by atoms with Crippen molar-refractivity contribution in [1.82, 2.24) is 4.90 Å². The molecule has 106 valence electrons. The van der Waals surface area contributed by atoms with E-state index in [-0.39, 0.29) is 5.91 Å². The first-order valence-electron chi connectivity index (χ1n) is 7.08. The van der Waals surface area contributed by atoms with Crippen LogP contribution in [-0.2, 0) is 6.54 Å². The molecular weight excluding hydrogens is 260 g/mol. The third kappa shape index (κ3) is 3.93. The SMILES string of the molecule is CCCN(Cc1ccccc1)C(=O)c1cccc(C#N)c1. The summed E-state index contributed by atoms with van der Waals surface area (Å²) in [7, 11) is 0. The van der Waals surface area contributed by atoms with Crippen LogP contribution in [0.3, 0.4) is 0 Å². The molecule has 0 saturated carbocycles. The van der Waals surface area contributed by atoms with E-state index in [1.54, 1.807) is 24.3 Å². The molecule has 3 heteroatoms. The second kappa shape index (κ2) is 7.25. The van der Waals surface area contributed by atoms with Gasteiger partial charge in [-0.3, -0.25) is 4.79 Å². The smallest absolute Gasteiger partial charge is 0.254 e. The maximum absolute atomic E-state index is 12.6. The molecule has 0 spiro atoms. The van der Waals surface area contributed by atoms with Crippen LogP contribution >= 0.6 is 0 Å². The molecule has 0 radical (unpaired) electrons. The lowest BCUT2D eigenvalue weighted by Gasteiger charge is -2.22. The predicted molar refractivity (Wildman–Crippen MR) is 82.6 cm³/mol. The van der Waals surface area contributed by atoms with Gasteiger partial charge in [-0.1, -0.05) is 43.3 Å². The third-order valence-corrected chi connectivity index (χ3v) is 3.24. The van der Waals surface area contributed by atoms with Crippen LogP contribution in [-0.4, -0.2) is 17.4 Å². The first-order chi connectivity index (χ1) is 10.2. The lowest BCUT2D eigenvalue weighted by atomic mass is 10.1. The number of carbonyl (C=O) groups is 1. The highest BCUT2D eigenvalue weighted by Crippen LogP contribution is 2.12. The van der Waals surface area contributed by atoms with Crippen molar-refractivity contribution >= 4 is 5.91 Å². The van der Waals surface area contributed by atoms with E-state index < -0.39 is 0 Å². The molecule has 0 unspecified atom stereocenters. The van der Waals surface area contributed by atoms with E-state index in [0.29, 0.717) is 24.2 Å². The fourth-order valence-electron chi connectivity index (χ4n) is 2.23. The molecule has 2 rings (SSSR count). The number of nitrogens with zero attached hydrogens (tertiary/aromatic N) is 2. The summed E-state index contributed by atoms with van der Waals surface area (Å²) in [6.07, 6.45) is 0.899. The minimum Gasteiger partial charge on any atom is -0.334 e. The molecule has 0 bridgehead atoms. The summed E-state index contributed by atoms with van der Waals surface area (Å²) in [5, 5.41) is 8.95. The maximum Gasteiger partial charge on any atom is 0.254 e. The molecule has 0 saturated heterocycles. The zero-order valence-corrected chi connectivity index (χ0v) is 12.1. The summed E-state index contributed by atoms with van der Waals surface area (Å²) in [6.45, 7) is 3.34. The van der Waals surface area contributed by atoms with Gasteiger partial charge in [0.15, 0.2) is 0 Å². The molecule has 0 aliphatic rings. The Morgan fingerprint density at radius 1 is 1.14 bits per heavy atom. The van der Waals surface area contributed by atoms with E-state index >= 15 is 0 Å². The van der Waals surface area contributed by atoms with Crippen LogP contribution in [0.4, 0.5) is 0 Å². The third-order valence-electron chi connectivity index (χ3n) is 3.24. The van der Waals surface area contributed by atoms with Crippen molar-refractivity contribution in [3.63, 3.8) is 0 Å². The average Bonchev–Trinajstić information content (AvgIpc) is 2.55. The van der Waals surface area contributed by atoms with Crippen LogP contribution in [0.15, 0.2) is 54.6 Å². The molecule has 0 N–H and O–H groups in total. The summed E-state index contributed by atoms with van der Waals surface area (Å²) in [6, 6.07) is 18.9. The number of benzene rings is 2. The predicted octanol–water partition coefficient (Wildman–Crippen LogP) is 3.61. The van der Waals surface area contributed by atoms with Gasteiger partial charge in [-0.25, -0.2) is 0 Å². The van der Waals surface area contributed by atoms with Crippen molar-refractivity contribution in [2.75, 3.05) is 6.54 Å². The summed E-state index contributed by atoms with van der Waals surface area (Å²) in [5.41, 5.74) is 2.19.